The molecule has 0 aliphatic heterocycles. The van der Waals surface area contributed by atoms with Gasteiger partial charge in [-0.3, -0.25) is 9.59 Å². The minimum absolute atomic E-state index is 0.112. The van der Waals surface area contributed by atoms with E-state index in [9.17, 15) is 14.7 Å². The summed E-state index contributed by atoms with van der Waals surface area (Å²) in [5.41, 5.74) is 0. The molecule has 202 valence electrons. The molecule has 0 aromatic heterocycles. The van der Waals surface area contributed by atoms with Crippen molar-refractivity contribution in [3.05, 3.63) is 0 Å². The lowest BCUT2D eigenvalue weighted by molar-refractivity contribution is -0.152. The summed E-state index contributed by atoms with van der Waals surface area (Å²) in [5, 5.41) is 9.89. The Morgan fingerprint density at radius 1 is 0.618 bits per heavy atom. The lowest BCUT2D eigenvalue weighted by atomic mass is 10.00. The minimum atomic E-state index is -0.954. The van der Waals surface area contributed by atoms with Gasteiger partial charge in [0, 0.05) is 12.8 Å². The van der Waals surface area contributed by atoms with Gasteiger partial charge in [-0.1, -0.05) is 118 Å². The Morgan fingerprint density at radius 2 is 1.00 bits per heavy atom. The van der Waals surface area contributed by atoms with Crippen LogP contribution < -0.4 is 0 Å². The molecule has 0 spiro atoms. The van der Waals surface area contributed by atoms with Gasteiger partial charge >= 0.3 is 11.9 Å². The zero-order valence-corrected chi connectivity index (χ0v) is 23.0. The van der Waals surface area contributed by atoms with E-state index in [-0.39, 0.29) is 25.2 Å². The highest BCUT2D eigenvalue weighted by Crippen LogP contribution is 2.15. The molecule has 0 amide bonds. The van der Waals surface area contributed by atoms with Crippen molar-refractivity contribution in [2.75, 3.05) is 13.2 Å². The molecular formula is C29H56O5. The van der Waals surface area contributed by atoms with Gasteiger partial charge in [0.15, 0.2) is 0 Å². The third kappa shape index (κ3) is 24.0. The van der Waals surface area contributed by atoms with Gasteiger partial charge in [0.25, 0.3) is 0 Å². The maximum atomic E-state index is 11.8. The number of aliphatic hydroxyl groups is 1. The van der Waals surface area contributed by atoms with Crippen molar-refractivity contribution < 1.29 is 24.2 Å². The van der Waals surface area contributed by atoms with Crippen molar-refractivity contribution in [3.8, 4) is 0 Å². The molecule has 5 nitrogen and oxygen atoms in total. The summed E-state index contributed by atoms with van der Waals surface area (Å²) < 4.78 is 10.2. The molecule has 2 atom stereocenters. The van der Waals surface area contributed by atoms with Crippen molar-refractivity contribution in [2.45, 2.75) is 149 Å². The summed E-state index contributed by atoms with van der Waals surface area (Å²) in [6.07, 6.45) is 18.7. The number of aliphatic hydroxyl groups excluding tert-OH is 1. The fraction of sp³-hybridized carbons (Fsp3) is 0.931. The van der Waals surface area contributed by atoms with Gasteiger partial charge in [0.1, 0.15) is 19.3 Å². The van der Waals surface area contributed by atoms with Crippen LogP contribution in [-0.2, 0) is 19.1 Å². The van der Waals surface area contributed by atoms with Gasteiger partial charge in [0.05, 0.1) is 0 Å². The molecule has 0 fully saturated rings. The molecule has 0 saturated heterocycles. The van der Waals surface area contributed by atoms with Crippen LogP contribution in [0.15, 0.2) is 0 Å². The number of carbonyl (C=O) groups is 2. The van der Waals surface area contributed by atoms with Gasteiger partial charge in [-0.25, -0.2) is 0 Å². The summed E-state index contributed by atoms with van der Waals surface area (Å²) in [5.74, 6) is 1.06. The van der Waals surface area contributed by atoms with E-state index >= 15 is 0 Å². The Morgan fingerprint density at radius 3 is 1.41 bits per heavy atom. The SMILES string of the molecule is CCC(C)CCCCCCCCC(=O)OC[C@@H](O)COC(=O)CCCCCCCCCC(C)C. The second-order valence-corrected chi connectivity index (χ2v) is 10.6. The molecule has 0 saturated carbocycles. The van der Waals surface area contributed by atoms with E-state index in [4.69, 9.17) is 9.47 Å². The van der Waals surface area contributed by atoms with Crippen LogP contribution in [0.1, 0.15) is 143 Å². The quantitative estimate of drug-likeness (QED) is 0.112. The minimum Gasteiger partial charge on any atom is -0.463 e. The van der Waals surface area contributed by atoms with E-state index in [1.54, 1.807) is 0 Å². The van der Waals surface area contributed by atoms with Crippen molar-refractivity contribution >= 4 is 11.9 Å². The van der Waals surface area contributed by atoms with Crippen LogP contribution in [0.4, 0.5) is 0 Å². The third-order valence-corrected chi connectivity index (χ3v) is 6.56. The number of unbranched alkanes of at least 4 members (excludes halogenated alkanes) is 11. The standard InChI is InChI=1S/C29H56O5/c1-5-26(4)20-16-12-9-10-14-18-22-29(32)34-24-27(30)23-33-28(31)21-17-13-8-6-7-11-15-19-25(2)3/h25-27,30H,5-24H2,1-4H3/t26?,27-/m0/s1. The molecule has 0 heterocycles. The lowest BCUT2D eigenvalue weighted by Gasteiger charge is -2.12. The molecule has 1 N–H and O–H groups in total. The Labute approximate surface area is 210 Å². The van der Waals surface area contributed by atoms with Crippen LogP contribution >= 0.6 is 0 Å². The van der Waals surface area contributed by atoms with E-state index in [0.717, 1.165) is 50.4 Å². The van der Waals surface area contributed by atoms with Crippen LogP contribution in [0.3, 0.4) is 0 Å². The van der Waals surface area contributed by atoms with Crippen LogP contribution in [0.5, 0.6) is 0 Å². The predicted molar refractivity (Wildman–Crippen MR) is 141 cm³/mol. The number of hydrogen-bond donors (Lipinski definition) is 1. The maximum absolute atomic E-state index is 11.8. The average Bonchev–Trinajstić information content (AvgIpc) is 2.81. The largest absolute Gasteiger partial charge is 0.463 e. The second-order valence-electron chi connectivity index (χ2n) is 10.6. The topological polar surface area (TPSA) is 72.8 Å². The van der Waals surface area contributed by atoms with Crippen LogP contribution in [0.2, 0.25) is 0 Å². The molecule has 0 radical (unpaired) electrons. The molecule has 5 heteroatoms. The highest BCUT2D eigenvalue weighted by Gasteiger charge is 2.12. The highest BCUT2D eigenvalue weighted by molar-refractivity contribution is 5.69. The first-order valence-electron chi connectivity index (χ1n) is 14.3. The predicted octanol–water partition coefficient (Wildman–Crippen LogP) is 7.77. The van der Waals surface area contributed by atoms with Crippen molar-refractivity contribution in [2.24, 2.45) is 11.8 Å². The zero-order chi connectivity index (χ0) is 25.4. The summed E-state index contributed by atoms with van der Waals surface area (Å²) in [6, 6.07) is 0. The fourth-order valence-electron chi connectivity index (χ4n) is 3.95. The van der Waals surface area contributed by atoms with Crippen molar-refractivity contribution in [1.29, 1.82) is 0 Å². The normalized spacial score (nSPS) is 13.1. The lowest BCUT2D eigenvalue weighted by Crippen LogP contribution is -2.25. The molecule has 1 unspecified atom stereocenters. The van der Waals surface area contributed by atoms with E-state index in [0.29, 0.717) is 12.8 Å². The monoisotopic (exact) mass is 484 g/mol. The number of ether oxygens (including phenoxy) is 2. The second kappa shape index (κ2) is 23.6. The van der Waals surface area contributed by atoms with E-state index in [1.807, 2.05) is 0 Å². The Bertz CT molecular complexity index is 477. The highest BCUT2D eigenvalue weighted by atomic mass is 16.6. The first-order valence-corrected chi connectivity index (χ1v) is 14.3. The molecule has 0 aliphatic rings. The van der Waals surface area contributed by atoms with E-state index in [2.05, 4.69) is 27.7 Å². The molecule has 0 aliphatic carbocycles. The summed E-state index contributed by atoms with van der Waals surface area (Å²) in [4.78, 5) is 23.6. The van der Waals surface area contributed by atoms with E-state index < -0.39 is 6.10 Å². The summed E-state index contributed by atoms with van der Waals surface area (Å²) in [7, 11) is 0. The van der Waals surface area contributed by atoms with Crippen LogP contribution in [0, 0.1) is 11.8 Å². The summed E-state index contributed by atoms with van der Waals surface area (Å²) in [6.45, 7) is 8.87. The Balaban J connectivity index is 3.48. The van der Waals surface area contributed by atoms with Crippen LogP contribution in [0.25, 0.3) is 0 Å². The van der Waals surface area contributed by atoms with Crippen molar-refractivity contribution in [1.82, 2.24) is 0 Å². The first kappa shape index (κ1) is 32.9. The van der Waals surface area contributed by atoms with Gasteiger partial charge < -0.3 is 14.6 Å². The Hall–Kier alpha value is -1.10. The number of carbonyl (C=O) groups excluding carboxylic acids is 2. The van der Waals surface area contributed by atoms with Gasteiger partial charge in [-0.2, -0.15) is 0 Å². The van der Waals surface area contributed by atoms with Gasteiger partial charge in [0.2, 0.25) is 0 Å². The molecular weight excluding hydrogens is 428 g/mol. The van der Waals surface area contributed by atoms with Gasteiger partial charge in [-0.05, 0) is 24.7 Å². The maximum Gasteiger partial charge on any atom is 0.305 e. The molecule has 0 aromatic rings. The van der Waals surface area contributed by atoms with Crippen molar-refractivity contribution in [3.63, 3.8) is 0 Å². The summed E-state index contributed by atoms with van der Waals surface area (Å²) >= 11 is 0. The van der Waals surface area contributed by atoms with Crippen LogP contribution in [-0.4, -0.2) is 36.4 Å². The average molecular weight is 485 g/mol. The molecule has 0 rings (SSSR count). The molecule has 0 bridgehead atoms. The Kier molecular flexibility index (Phi) is 22.9. The van der Waals surface area contributed by atoms with E-state index in [1.165, 1.54) is 64.2 Å². The number of rotatable bonds is 24. The number of hydrogen-bond acceptors (Lipinski definition) is 5. The molecule has 34 heavy (non-hydrogen) atoms. The first-order chi connectivity index (χ1) is 16.3. The molecule has 0 aromatic carbocycles. The van der Waals surface area contributed by atoms with Gasteiger partial charge in [-0.15, -0.1) is 0 Å². The number of esters is 2. The third-order valence-electron chi connectivity index (χ3n) is 6.56. The smallest absolute Gasteiger partial charge is 0.305 e. The fourth-order valence-corrected chi connectivity index (χ4v) is 3.95. The zero-order valence-electron chi connectivity index (χ0n) is 23.0.